The number of carbonyl (C=O) groups excluding carboxylic acids is 2. The number of piperazine rings is 1. The van der Waals surface area contributed by atoms with Crippen LogP contribution in [0.25, 0.3) is 11.1 Å². The number of benzene rings is 2. The zero-order valence-electron chi connectivity index (χ0n) is 22.7. The van der Waals surface area contributed by atoms with E-state index in [1.807, 2.05) is 17.0 Å². The summed E-state index contributed by atoms with van der Waals surface area (Å²) in [6.07, 6.45) is -0.167. The second-order valence-electron chi connectivity index (χ2n) is 11.4. The molecule has 41 heavy (non-hydrogen) atoms. The van der Waals surface area contributed by atoms with Gasteiger partial charge in [0.25, 0.3) is 5.91 Å². The molecule has 1 saturated carbocycles. The van der Waals surface area contributed by atoms with Gasteiger partial charge >= 0.3 is 6.18 Å². The van der Waals surface area contributed by atoms with E-state index in [1.165, 1.54) is 4.90 Å². The van der Waals surface area contributed by atoms with Crippen molar-refractivity contribution in [3.05, 3.63) is 57.6 Å². The molecule has 2 heterocycles. The van der Waals surface area contributed by atoms with E-state index in [0.717, 1.165) is 48.8 Å². The van der Waals surface area contributed by atoms with E-state index in [1.54, 1.807) is 29.2 Å². The Morgan fingerprint density at radius 1 is 0.878 bits per heavy atom. The van der Waals surface area contributed by atoms with Gasteiger partial charge in [0.05, 0.1) is 12.6 Å². The molecule has 2 amide bonds. The van der Waals surface area contributed by atoms with E-state index in [4.69, 9.17) is 23.2 Å². The van der Waals surface area contributed by atoms with Crippen molar-refractivity contribution in [2.45, 2.75) is 56.8 Å². The average Bonchev–Trinajstić information content (AvgIpc) is 3.30. The van der Waals surface area contributed by atoms with Gasteiger partial charge in [0, 0.05) is 60.3 Å². The average molecular weight is 613 g/mol. The van der Waals surface area contributed by atoms with Gasteiger partial charge in [-0.05, 0) is 79.5 Å². The van der Waals surface area contributed by atoms with E-state index < -0.39 is 12.7 Å². The Hall–Kier alpha value is -2.33. The molecule has 0 spiro atoms. The fourth-order valence-corrected chi connectivity index (χ4v) is 6.89. The van der Waals surface area contributed by atoms with Crippen LogP contribution in [-0.4, -0.2) is 89.2 Å². The minimum absolute atomic E-state index is 0.129. The Morgan fingerprint density at radius 2 is 1.49 bits per heavy atom. The summed E-state index contributed by atoms with van der Waals surface area (Å²) in [6, 6.07) is 10.8. The lowest BCUT2D eigenvalue weighted by Gasteiger charge is -2.35. The molecule has 2 saturated heterocycles. The molecule has 3 fully saturated rings. The van der Waals surface area contributed by atoms with Crippen LogP contribution in [0, 0.1) is 5.92 Å². The van der Waals surface area contributed by atoms with Gasteiger partial charge in [0.15, 0.2) is 0 Å². The summed E-state index contributed by atoms with van der Waals surface area (Å²) in [5.41, 5.74) is 2.80. The van der Waals surface area contributed by atoms with Crippen molar-refractivity contribution in [2.24, 2.45) is 5.92 Å². The van der Waals surface area contributed by atoms with Crippen LogP contribution >= 0.6 is 23.2 Å². The molecule has 2 aromatic carbocycles. The van der Waals surface area contributed by atoms with E-state index in [0.29, 0.717) is 28.6 Å². The highest BCUT2D eigenvalue weighted by Gasteiger charge is 2.38. The maximum absolute atomic E-state index is 13.2. The van der Waals surface area contributed by atoms with Crippen molar-refractivity contribution in [2.75, 3.05) is 39.3 Å². The Kier molecular flexibility index (Phi) is 9.19. The minimum Gasteiger partial charge on any atom is -0.393 e. The number of carbonyl (C=O) groups is 2. The number of aliphatic hydroxyl groups is 1. The monoisotopic (exact) mass is 611 g/mol. The maximum atomic E-state index is 13.2. The number of hydrogen-bond donors (Lipinski definition) is 1. The SMILES string of the molecule is O=C(c1ccc(-c2cc(Cl)c(C[C@@H]3CCN(C4CCC(O)CC4)C3=O)c(Cl)c2)cc1)N1CCN(CC(F)(F)F)CC1. The lowest BCUT2D eigenvalue weighted by molar-refractivity contribution is -0.148. The second-order valence-corrected chi connectivity index (χ2v) is 12.2. The number of amides is 2. The highest BCUT2D eigenvalue weighted by molar-refractivity contribution is 6.36. The standard InChI is InChI=1S/C30H34Cl2F3N3O3/c31-26-16-22(17-27(32)25(26)15-21-9-10-38(29(21)41)23-5-7-24(39)8-6-23)19-1-3-20(4-2-19)28(40)37-13-11-36(12-14-37)18-30(33,34)35/h1-4,16-17,21,23-24,39H,5-15,18H2/t21-,23?,24?/m0/s1. The first-order chi connectivity index (χ1) is 19.5. The van der Waals surface area contributed by atoms with Gasteiger partial charge in [-0.3, -0.25) is 14.5 Å². The smallest absolute Gasteiger partial charge is 0.393 e. The molecule has 0 unspecified atom stereocenters. The van der Waals surface area contributed by atoms with E-state index in [9.17, 15) is 27.9 Å². The van der Waals surface area contributed by atoms with Crippen LogP contribution in [0.3, 0.4) is 0 Å². The summed E-state index contributed by atoms with van der Waals surface area (Å²) >= 11 is 13.3. The third-order valence-corrected chi connectivity index (χ3v) is 9.25. The van der Waals surface area contributed by atoms with E-state index in [2.05, 4.69) is 0 Å². The van der Waals surface area contributed by atoms with Gasteiger partial charge in [0.1, 0.15) is 0 Å². The zero-order chi connectivity index (χ0) is 29.3. The third-order valence-electron chi connectivity index (χ3n) is 8.58. The van der Waals surface area contributed by atoms with Crippen molar-refractivity contribution in [1.82, 2.24) is 14.7 Å². The molecule has 5 rings (SSSR count). The molecule has 0 radical (unpaired) electrons. The second kappa shape index (κ2) is 12.5. The van der Waals surface area contributed by atoms with Crippen molar-refractivity contribution in [1.29, 1.82) is 0 Å². The molecule has 11 heteroatoms. The number of hydrogen-bond acceptors (Lipinski definition) is 4. The lowest BCUT2D eigenvalue weighted by atomic mass is 9.92. The largest absolute Gasteiger partial charge is 0.401 e. The first-order valence-corrected chi connectivity index (χ1v) is 14.9. The van der Waals surface area contributed by atoms with Crippen molar-refractivity contribution >= 4 is 35.0 Å². The Bertz CT molecular complexity index is 1230. The van der Waals surface area contributed by atoms with Crippen LogP contribution in [0.1, 0.15) is 48.0 Å². The Labute approximate surface area is 248 Å². The topological polar surface area (TPSA) is 64.1 Å². The van der Waals surface area contributed by atoms with Crippen LogP contribution in [0.4, 0.5) is 13.2 Å². The van der Waals surface area contributed by atoms with Crippen LogP contribution in [0.5, 0.6) is 0 Å². The minimum atomic E-state index is -4.25. The molecule has 0 bridgehead atoms. The summed E-state index contributed by atoms with van der Waals surface area (Å²) in [6.45, 7) is 0.605. The van der Waals surface area contributed by atoms with Gasteiger partial charge in [0.2, 0.25) is 5.91 Å². The van der Waals surface area contributed by atoms with Gasteiger partial charge < -0.3 is 14.9 Å². The van der Waals surface area contributed by atoms with E-state index in [-0.39, 0.29) is 56.1 Å². The molecule has 1 aliphatic carbocycles. The number of halogens is 5. The number of rotatable bonds is 6. The lowest BCUT2D eigenvalue weighted by Crippen LogP contribution is -2.50. The number of likely N-dealkylation sites (tertiary alicyclic amines) is 1. The first-order valence-electron chi connectivity index (χ1n) is 14.1. The molecule has 2 aliphatic heterocycles. The molecule has 1 atom stereocenters. The fourth-order valence-electron chi connectivity index (χ4n) is 6.25. The van der Waals surface area contributed by atoms with E-state index >= 15 is 0 Å². The summed E-state index contributed by atoms with van der Waals surface area (Å²) in [5, 5.41) is 10.8. The number of nitrogens with zero attached hydrogens (tertiary/aromatic N) is 3. The molecular weight excluding hydrogens is 578 g/mol. The highest BCUT2D eigenvalue weighted by atomic mass is 35.5. The zero-order valence-corrected chi connectivity index (χ0v) is 24.2. The third kappa shape index (κ3) is 7.19. The summed E-state index contributed by atoms with van der Waals surface area (Å²) in [5.74, 6) is -0.262. The van der Waals surface area contributed by atoms with Crippen LogP contribution in [0.2, 0.25) is 10.0 Å². The molecule has 1 N–H and O–H groups in total. The molecule has 2 aromatic rings. The molecule has 3 aliphatic rings. The number of alkyl halides is 3. The maximum Gasteiger partial charge on any atom is 0.401 e. The highest BCUT2D eigenvalue weighted by Crippen LogP contribution is 2.37. The van der Waals surface area contributed by atoms with Crippen molar-refractivity contribution < 1.29 is 27.9 Å². The predicted octanol–water partition coefficient (Wildman–Crippen LogP) is 5.68. The summed E-state index contributed by atoms with van der Waals surface area (Å²) in [4.78, 5) is 31.0. The molecule has 6 nitrogen and oxygen atoms in total. The Balaban J connectivity index is 1.20. The number of aliphatic hydroxyl groups excluding tert-OH is 1. The van der Waals surface area contributed by atoms with Crippen LogP contribution in [0.15, 0.2) is 36.4 Å². The quantitative estimate of drug-likeness (QED) is 0.457. The fraction of sp³-hybridized carbons (Fsp3) is 0.533. The summed E-state index contributed by atoms with van der Waals surface area (Å²) in [7, 11) is 0. The van der Waals surface area contributed by atoms with Crippen molar-refractivity contribution in [3.63, 3.8) is 0 Å². The van der Waals surface area contributed by atoms with Gasteiger partial charge in [-0.2, -0.15) is 13.2 Å². The molecule has 222 valence electrons. The normalized spacial score (nSPS) is 24.2. The van der Waals surface area contributed by atoms with Gasteiger partial charge in [-0.1, -0.05) is 35.3 Å². The Morgan fingerprint density at radius 3 is 2.07 bits per heavy atom. The predicted molar refractivity (Wildman–Crippen MR) is 152 cm³/mol. The van der Waals surface area contributed by atoms with Gasteiger partial charge in [-0.25, -0.2) is 0 Å². The van der Waals surface area contributed by atoms with Crippen LogP contribution < -0.4 is 0 Å². The molecule has 0 aromatic heterocycles. The summed E-state index contributed by atoms with van der Waals surface area (Å²) < 4.78 is 37.9. The van der Waals surface area contributed by atoms with Crippen LogP contribution in [-0.2, 0) is 11.2 Å². The van der Waals surface area contributed by atoms with Crippen molar-refractivity contribution in [3.8, 4) is 11.1 Å². The van der Waals surface area contributed by atoms with Gasteiger partial charge in [-0.15, -0.1) is 0 Å². The molecular formula is C30H34Cl2F3N3O3. The first kappa shape index (κ1) is 30.1.